The molecule has 0 N–H and O–H groups in total. The van der Waals surface area contributed by atoms with Crippen molar-refractivity contribution >= 4 is 5.91 Å². The number of amides is 1. The topological polar surface area (TPSA) is 51.0 Å². The van der Waals surface area contributed by atoms with E-state index < -0.39 is 0 Å². The van der Waals surface area contributed by atoms with Crippen LogP contribution in [0.15, 0.2) is 30.7 Å². The second-order valence-corrected chi connectivity index (χ2v) is 7.83. The molecular formula is C21H28N4O. The molecule has 1 aliphatic heterocycles. The number of aromatic nitrogens is 3. The van der Waals surface area contributed by atoms with Gasteiger partial charge in [0.25, 0.3) is 0 Å². The highest BCUT2D eigenvalue weighted by molar-refractivity contribution is 5.79. The minimum Gasteiger partial charge on any atom is -0.342 e. The lowest BCUT2D eigenvalue weighted by molar-refractivity contribution is -0.136. The molecule has 2 aliphatic rings. The van der Waals surface area contributed by atoms with Crippen LogP contribution in [0.25, 0.3) is 11.4 Å². The summed E-state index contributed by atoms with van der Waals surface area (Å²) in [6.45, 7) is 4.92. The summed E-state index contributed by atoms with van der Waals surface area (Å²) in [7, 11) is 0. The number of pyridine rings is 1. The first kappa shape index (κ1) is 17.3. The zero-order valence-electron chi connectivity index (χ0n) is 15.6. The fourth-order valence-electron chi connectivity index (χ4n) is 4.44. The number of hydrogen-bond acceptors (Lipinski definition) is 3. The minimum atomic E-state index is 0.305. The van der Waals surface area contributed by atoms with E-state index in [-0.39, 0.29) is 0 Å². The number of piperidine rings is 1. The molecule has 1 aliphatic carbocycles. The maximum Gasteiger partial charge on any atom is 0.225 e. The largest absolute Gasteiger partial charge is 0.342 e. The molecule has 0 atom stereocenters. The van der Waals surface area contributed by atoms with Gasteiger partial charge in [0.15, 0.2) is 0 Å². The summed E-state index contributed by atoms with van der Waals surface area (Å²) in [6, 6.07) is 4.02. The van der Waals surface area contributed by atoms with Crippen LogP contribution in [0.4, 0.5) is 0 Å². The number of imidazole rings is 1. The van der Waals surface area contributed by atoms with Crippen LogP contribution in [0.1, 0.15) is 44.2 Å². The van der Waals surface area contributed by atoms with E-state index in [1.165, 1.54) is 18.5 Å². The Morgan fingerprint density at radius 1 is 1.15 bits per heavy atom. The normalized spacial score (nSPS) is 19.2. The maximum absolute atomic E-state index is 12.6. The third-order valence-corrected chi connectivity index (χ3v) is 6.05. The van der Waals surface area contributed by atoms with E-state index in [2.05, 4.69) is 32.4 Å². The quantitative estimate of drug-likeness (QED) is 0.843. The SMILES string of the molecule is Cc1cnc(-c2cccnc2)n1CC1CCN(C(=O)C2CCCC2)CC1. The molecule has 2 aromatic heterocycles. The average molecular weight is 352 g/mol. The van der Waals surface area contributed by atoms with Crippen molar-refractivity contribution in [3.8, 4) is 11.4 Å². The molecule has 1 amide bonds. The van der Waals surface area contributed by atoms with Gasteiger partial charge in [-0.1, -0.05) is 12.8 Å². The van der Waals surface area contributed by atoms with Crippen molar-refractivity contribution in [2.24, 2.45) is 11.8 Å². The number of likely N-dealkylation sites (tertiary alicyclic amines) is 1. The van der Waals surface area contributed by atoms with Gasteiger partial charge in [-0.25, -0.2) is 4.98 Å². The van der Waals surface area contributed by atoms with Crippen molar-refractivity contribution in [1.82, 2.24) is 19.4 Å². The Morgan fingerprint density at radius 2 is 1.92 bits per heavy atom. The Bertz CT molecular complexity index is 741. The summed E-state index contributed by atoms with van der Waals surface area (Å²) >= 11 is 0. The number of nitrogens with zero attached hydrogens (tertiary/aromatic N) is 4. The predicted octanol–water partition coefficient (Wildman–Crippen LogP) is 3.68. The Hall–Kier alpha value is -2.17. The lowest BCUT2D eigenvalue weighted by Gasteiger charge is -2.34. The number of carbonyl (C=O) groups excluding carboxylic acids is 1. The van der Waals surface area contributed by atoms with Crippen molar-refractivity contribution in [2.75, 3.05) is 13.1 Å². The van der Waals surface area contributed by atoms with Crippen LogP contribution in [0, 0.1) is 18.8 Å². The highest BCUT2D eigenvalue weighted by atomic mass is 16.2. The number of rotatable bonds is 4. The van der Waals surface area contributed by atoms with E-state index in [1.807, 2.05) is 18.5 Å². The van der Waals surface area contributed by atoms with Gasteiger partial charge in [-0.15, -0.1) is 0 Å². The summed E-state index contributed by atoms with van der Waals surface area (Å²) in [5, 5.41) is 0. The molecule has 2 aromatic rings. The Morgan fingerprint density at radius 3 is 2.62 bits per heavy atom. The van der Waals surface area contributed by atoms with Crippen LogP contribution in [0.3, 0.4) is 0 Å². The van der Waals surface area contributed by atoms with E-state index in [4.69, 9.17) is 0 Å². The molecule has 0 aromatic carbocycles. The molecule has 3 heterocycles. The zero-order chi connectivity index (χ0) is 17.9. The van der Waals surface area contributed by atoms with E-state index >= 15 is 0 Å². The molecule has 5 heteroatoms. The Balaban J connectivity index is 1.39. The van der Waals surface area contributed by atoms with Crippen molar-refractivity contribution < 1.29 is 4.79 Å². The summed E-state index contributed by atoms with van der Waals surface area (Å²) in [4.78, 5) is 23.6. The molecule has 5 nitrogen and oxygen atoms in total. The van der Waals surface area contributed by atoms with Crippen molar-refractivity contribution in [1.29, 1.82) is 0 Å². The van der Waals surface area contributed by atoms with Crippen LogP contribution in [-0.4, -0.2) is 38.4 Å². The Kier molecular flexibility index (Phi) is 5.05. The van der Waals surface area contributed by atoms with Gasteiger partial charge < -0.3 is 9.47 Å². The first-order valence-electron chi connectivity index (χ1n) is 9.93. The van der Waals surface area contributed by atoms with Gasteiger partial charge in [0.05, 0.1) is 0 Å². The fraction of sp³-hybridized carbons (Fsp3) is 0.571. The lowest BCUT2D eigenvalue weighted by atomic mass is 9.95. The molecule has 0 spiro atoms. The number of aryl methyl sites for hydroxylation is 1. The first-order valence-corrected chi connectivity index (χ1v) is 9.93. The highest BCUT2D eigenvalue weighted by Crippen LogP contribution is 2.29. The van der Waals surface area contributed by atoms with Crippen molar-refractivity contribution in [3.63, 3.8) is 0 Å². The molecule has 0 bridgehead atoms. The van der Waals surface area contributed by atoms with E-state index in [0.29, 0.717) is 17.7 Å². The molecule has 1 saturated carbocycles. The molecule has 0 unspecified atom stereocenters. The maximum atomic E-state index is 12.6. The summed E-state index contributed by atoms with van der Waals surface area (Å²) in [5.74, 6) is 2.32. The van der Waals surface area contributed by atoms with Gasteiger partial charge >= 0.3 is 0 Å². The van der Waals surface area contributed by atoms with Crippen LogP contribution >= 0.6 is 0 Å². The third kappa shape index (κ3) is 3.53. The summed E-state index contributed by atoms with van der Waals surface area (Å²) < 4.78 is 2.32. The van der Waals surface area contributed by atoms with Gasteiger partial charge in [-0.2, -0.15) is 0 Å². The Labute approximate surface area is 155 Å². The average Bonchev–Trinajstić information content (AvgIpc) is 3.34. The monoisotopic (exact) mass is 352 g/mol. The first-order chi connectivity index (χ1) is 12.7. The lowest BCUT2D eigenvalue weighted by Crippen LogP contribution is -2.42. The molecular weight excluding hydrogens is 324 g/mol. The minimum absolute atomic E-state index is 0.305. The van der Waals surface area contributed by atoms with Crippen LogP contribution < -0.4 is 0 Å². The van der Waals surface area contributed by atoms with Crippen LogP contribution in [0.2, 0.25) is 0 Å². The van der Waals surface area contributed by atoms with Crippen LogP contribution in [-0.2, 0) is 11.3 Å². The molecule has 138 valence electrons. The van der Waals surface area contributed by atoms with Crippen LogP contribution in [0.5, 0.6) is 0 Å². The summed E-state index contributed by atoms with van der Waals surface area (Å²) in [6.07, 6.45) is 12.4. The number of hydrogen-bond donors (Lipinski definition) is 0. The predicted molar refractivity (Wildman–Crippen MR) is 101 cm³/mol. The van der Waals surface area contributed by atoms with E-state index in [9.17, 15) is 4.79 Å². The van der Waals surface area contributed by atoms with Gasteiger partial charge in [-0.3, -0.25) is 9.78 Å². The second-order valence-electron chi connectivity index (χ2n) is 7.83. The highest BCUT2D eigenvalue weighted by Gasteiger charge is 2.30. The molecule has 26 heavy (non-hydrogen) atoms. The number of carbonyl (C=O) groups is 1. The zero-order valence-corrected chi connectivity index (χ0v) is 15.6. The molecule has 0 radical (unpaired) electrons. The van der Waals surface area contributed by atoms with E-state index in [1.54, 1.807) is 6.20 Å². The fourth-order valence-corrected chi connectivity index (χ4v) is 4.44. The standard InChI is InChI=1S/C21H28N4O/c1-16-13-23-20(19-7-4-10-22-14-19)25(16)15-17-8-11-24(12-9-17)21(26)18-5-2-3-6-18/h4,7,10,13-14,17-18H,2-3,5-6,8-9,11-12,15H2,1H3. The molecule has 1 saturated heterocycles. The smallest absolute Gasteiger partial charge is 0.225 e. The van der Waals surface area contributed by atoms with E-state index in [0.717, 1.165) is 56.7 Å². The van der Waals surface area contributed by atoms with Crippen molar-refractivity contribution in [2.45, 2.75) is 52.0 Å². The second kappa shape index (κ2) is 7.60. The van der Waals surface area contributed by atoms with Gasteiger partial charge in [0.1, 0.15) is 5.82 Å². The van der Waals surface area contributed by atoms with Gasteiger partial charge in [0, 0.05) is 55.4 Å². The summed E-state index contributed by atoms with van der Waals surface area (Å²) in [5.41, 5.74) is 2.25. The van der Waals surface area contributed by atoms with Crippen molar-refractivity contribution in [3.05, 3.63) is 36.4 Å². The third-order valence-electron chi connectivity index (χ3n) is 6.05. The molecule has 2 fully saturated rings. The van der Waals surface area contributed by atoms with Gasteiger partial charge in [-0.05, 0) is 50.7 Å². The van der Waals surface area contributed by atoms with Gasteiger partial charge in [0.2, 0.25) is 5.91 Å². The molecule has 4 rings (SSSR count).